The Bertz CT molecular complexity index is 1120. The average Bonchev–Trinajstić information content (AvgIpc) is 3.34. The highest BCUT2D eigenvalue weighted by Crippen LogP contribution is 2.29. The predicted octanol–water partition coefficient (Wildman–Crippen LogP) is 3.85. The molecule has 0 saturated heterocycles. The number of aliphatic carboxylic acids is 2. The van der Waals surface area contributed by atoms with Crippen LogP contribution in [-0.2, 0) is 29.2 Å². The van der Waals surface area contributed by atoms with E-state index in [2.05, 4.69) is 59.3 Å². The van der Waals surface area contributed by atoms with Crippen LogP contribution in [0.5, 0.6) is 0 Å². The Kier molecular flexibility index (Phi) is 6.31. The summed E-state index contributed by atoms with van der Waals surface area (Å²) in [6.45, 7) is 4.77. The molecule has 0 amide bonds. The molecule has 0 aliphatic rings. The minimum absolute atomic E-state index is 0.752. The SMILES string of the molecule is CCn1c2ccccc2c2cc(CNCc3ccco3)ccc21.O=C(O)C(=O)O. The Hall–Kier alpha value is -3.58. The maximum absolute atomic E-state index is 9.10. The van der Waals surface area contributed by atoms with E-state index in [1.165, 1.54) is 27.4 Å². The highest BCUT2D eigenvalue weighted by molar-refractivity contribution is 6.27. The number of carboxylic acid groups (broad SMARTS) is 2. The molecular formula is C22H22N2O5. The number of aryl methyl sites for hydroxylation is 1. The number of aromatic nitrogens is 1. The van der Waals surface area contributed by atoms with Gasteiger partial charge in [0.15, 0.2) is 0 Å². The maximum Gasteiger partial charge on any atom is 0.414 e. The molecule has 0 aliphatic carbocycles. The molecule has 0 aliphatic heterocycles. The van der Waals surface area contributed by atoms with Gasteiger partial charge in [-0.25, -0.2) is 9.59 Å². The average molecular weight is 394 g/mol. The van der Waals surface area contributed by atoms with Crippen molar-refractivity contribution in [3.63, 3.8) is 0 Å². The lowest BCUT2D eigenvalue weighted by molar-refractivity contribution is -0.159. The van der Waals surface area contributed by atoms with Gasteiger partial charge in [0.05, 0.1) is 12.8 Å². The molecule has 7 nitrogen and oxygen atoms in total. The van der Waals surface area contributed by atoms with Gasteiger partial charge in [0.1, 0.15) is 5.76 Å². The van der Waals surface area contributed by atoms with Crippen LogP contribution in [-0.4, -0.2) is 26.7 Å². The van der Waals surface area contributed by atoms with Crippen molar-refractivity contribution in [3.05, 3.63) is 72.2 Å². The van der Waals surface area contributed by atoms with Gasteiger partial charge in [-0.05, 0) is 42.8 Å². The first-order valence-corrected chi connectivity index (χ1v) is 9.20. The number of hydrogen-bond donors (Lipinski definition) is 3. The molecule has 0 unspecified atom stereocenters. The summed E-state index contributed by atoms with van der Waals surface area (Å²) in [7, 11) is 0. The van der Waals surface area contributed by atoms with Crippen LogP contribution in [0.3, 0.4) is 0 Å². The van der Waals surface area contributed by atoms with Crippen LogP contribution in [0.4, 0.5) is 0 Å². The smallest absolute Gasteiger partial charge is 0.414 e. The second-order valence-corrected chi connectivity index (χ2v) is 6.41. The van der Waals surface area contributed by atoms with Crippen molar-refractivity contribution in [1.82, 2.24) is 9.88 Å². The number of fused-ring (bicyclic) bond motifs is 3. The molecule has 2 aromatic carbocycles. The summed E-state index contributed by atoms with van der Waals surface area (Å²) in [5, 5.41) is 20.9. The summed E-state index contributed by atoms with van der Waals surface area (Å²) in [6.07, 6.45) is 1.71. The van der Waals surface area contributed by atoms with Gasteiger partial charge in [0.2, 0.25) is 0 Å². The molecule has 0 fully saturated rings. The Morgan fingerprint density at radius 1 is 0.931 bits per heavy atom. The van der Waals surface area contributed by atoms with Crippen molar-refractivity contribution in [1.29, 1.82) is 0 Å². The number of nitrogens with one attached hydrogen (secondary N) is 1. The van der Waals surface area contributed by atoms with E-state index in [0.29, 0.717) is 0 Å². The molecule has 2 heterocycles. The fourth-order valence-corrected chi connectivity index (χ4v) is 3.29. The lowest BCUT2D eigenvalue weighted by Gasteiger charge is -2.05. The van der Waals surface area contributed by atoms with Crippen molar-refractivity contribution >= 4 is 33.7 Å². The van der Waals surface area contributed by atoms with Crippen molar-refractivity contribution in [2.75, 3.05) is 0 Å². The molecule has 7 heteroatoms. The standard InChI is InChI=1S/C20H20N2O.C2H2O4/c1-2-22-19-8-4-3-7-17(19)18-12-15(9-10-20(18)22)13-21-14-16-6-5-11-23-16;3-1(4)2(5)6/h3-12,21H,2,13-14H2,1H3;(H,3,4)(H,5,6). The quantitative estimate of drug-likeness (QED) is 0.444. The van der Waals surface area contributed by atoms with Crippen molar-refractivity contribution in [2.45, 2.75) is 26.6 Å². The lowest BCUT2D eigenvalue weighted by atomic mass is 10.1. The van der Waals surface area contributed by atoms with E-state index in [0.717, 1.165) is 25.4 Å². The number of carboxylic acids is 2. The normalized spacial score (nSPS) is 10.7. The summed E-state index contributed by atoms with van der Waals surface area (Å²) >= 11 is 0. The molecule has 0 atom stereocenters. The van der Waals surface area contributed by atoms with Gasteiger partial charge in [0, 0.05) is 34.9 Å². The van der Waals surface area contributed by atoms with Gasteiger partial charge in [-0.3, -0.25) is 0 Å². The second-order valence-electron chi connectivity index (χ2n) is 6.41. The summed E-state index contributed by atoms with van der Waals surface area (Å²) in [5.74, 6) is -2.68. The molecule has 150 valence electrons. The van der Waals surface area contributed by atoms with E-state index in [1.54, 1.807) is 6.26 Å². The first-order valence-electron chi connectivity index (χ1n) is 9.20. The number of benzene rings is 2. The topological polar surface area (TPSA) is 105 Å². The highest BCUT2D eigenvalue weighted by Gasteiger charge is 2.09. The highest BCUT2D eigenvalue weighted by atomic mass is 16.4. The van der Waals surface area contributed by atoms with Crippen LogP contribution < -0.4 is 5.32 Å². The fraction of sp³-hybridized carbons (Fsp3) is 0.182. The number of carbonyl (C=O) groups is 2. The van der Waals surface area contributed by atoms with Gasteiger partial charge in [-0.2, -0.15) is 0 Å². The molecule has 3 N–H and O–H groups in total. The Balaban J connectivity index is 0.000000353. The Morgan fingerprint density at radius 3 is 2.31 bits per heavy atom. The molecule has 0 saturated carbocycles. The predicted molar refractivity (Wildman–Crippen MR) is 110 cm³/mol. The third-order valence-corrected chi connectivity index (χ3v) is 4.54. The van der Waals surface area contributed by atoms with Crippen LogP contribution in [0.25, 0.3) is 21.8 Å². The summed E-state index contributed by atoms with van der Waals surface area (Å²) in [5.41, 5.74) is 3.91. The minimum atomic E-state index is -1.82. The Labute approximate surface area is 167 Å². The second kappa shape index (κ2) is 9.07. The summed E-state index contributed by atoms with van der Waals surface area (Å²) in [6, 6.07) is 19.3. The largest absolute Gasteiger partial charge is 0.473 e. The van der Waals surface area contributed by atoms with E-state index in [-0.39, 0.29) is 0 Å². The van der Waals surface area contributed by atoms with Gasteiger partial charge in [-0.15, -0.1) is 0 Å². The molecule has 4 rings (SSSR count). The molecule has 0 spiro atoms. The number of nitrogens with zero attached hydrogens (tertiary/aromatic N) is 1. The zero-order chi connectivity index (χ0) is 20.8. The van der Waals surface area contributed by atoms with Crippen LogP contribution >= 0.6 is 0 Å². The van der Waals surface area contributed by atoms with Crippen molar-refractivity contribution < 1.29 is 24.2 Å². The minimum Gasteiger partial charge on any atom is -0.473 e. The van der Waals surface area contributed by atoms with Crippen molar-refractivity contribution in [2.24, 2.45) is 0 Å². The summed E-state index contributed by atoms with van der Waals surface area (Å²) in [4.78, 5) is 18.2. The molecule has 0 radical (unpaired) electrons. The first-order chi connectivity index (χ1) is 14.0. The zero-order valence-corrected chi connectivity index (χ0v) is 16.0. The lowest BCUT2D eigenvalue weighted by Crippen LogP contribution is -2.11. The number of furan rings is 1. The van der Waals surface area contributed by atoms with E-state index < -0.39 is 11.9 Å². The van der Waals surface area contributed by atoms with Gasteiger partial charge in [-0.1, -0.05) is 24.3 Å². The molecular weight excluding hydrogens is 372 g/mol. The van der Waals surface area contributed by atoms with Crippen LogP contribution in [0.1, 0.15) is 18.2 Å². The maximum atomic E-state index is 9.10. The fourth-order valence-electron chi connectivity index (χ4n) is 3.29. The van der Waals surface area contributed by atoms with Crippen LogP contribution in [0.15, 0.2) is 65.3 Å². The van der Waals surface area contributed by atoms with Gasteiger partial charge < -0.3 is 24.5 Å². The Morgan fingerprint density at radius 2 is 1.66 bits per heavy atom. The number of rotatable bonds is 5. The summed E-state index contributed by atoms with van der Waals surface area (Å²) < 4.78 is 7.73. The number of para-hydroxylation sites is 1. The van der Waals surface area contributed by atoms with E-state index in [9.17, 15) is 0 Å². The third kappa shape index (κ3) is 4.64. The molecule has 29 heavy (non-hydrogen) atoms. The number of hydrogen-bond acceptors (Lipinski definition) is 4. The molecule has 2 aromatic heterocycles. The first kappa shape index (κ1) is 20.2. The van der Waals surface area contributed by atoms with Crippen molar-refractivity contribution in [3.8, 4) is 0 Å². The van der Waals surface area contributed by atoms with Crippen LogP contribution in [0, 0.1) is 0 Å². The monoisotopic (exact) mass is 394 g/mol. The van der Waals surface area contributed by atoms with Crippen LogP contribution in [0.2, 0.25) is 0 Å². The van der Waals surface area contributed by atoms with Gasteiger partial charge >= 0.3 is 11.9 Å². The molecule has 4 aromatic rings. The van der Waals surface area contributed by atoms with Gasteiger partial charge in [0.25, 0.3) is 0 Å². The third-order valence-electron chi connectivity index (χ3n) is 4.54. The van der Waals surface area contributed by atoms with E-state index >= 15 is 0 Å². The zero-order valence-electron chi connectivity index (χ0n) is 16.0. The van der Waals surface area contributed by atoms with E-state index in [4.69, 9.17) is 24.2 Å². The molecule has 0 bridgehead atoms. The van der Waals surface area contributed by atoms with E-state index in [1.807, 2.05) is 12.1 Å².